The predicted octanol–water partition coefficient (Wildman–Crippen LogP) is 4.22. The minimum absolute atomic E-state index is 0.0189. The summed E-state index contributed by atoms with van der Waals surface area (Å²) in [6.07, 6.45) is 3.94. The maximum atomic E-state index is 11.9. The zero-order chi connectivity index (χ0) is 17.9. The van der Waals surface area contributed by atoms with Gasteiger partial charge in [0.25, 0.3) is 5.91 Å². The number of hydrogen-bond acceptors (Lipinski definition) is 5. The maximum absolute atomic E-state index is 11.9. The van der Waals surface area contributed by atoms with Crippen LogP contribution >= 0.6 is 23.1 Å². The molecule has 134 valence electrons. The highest BCUT2D eigenvalue weighted by molar-refractivity contribution is 7.98. The molecule has 0 saturated carbocycles. The second kappa shape index (κ2) is 10.8. The Bertz CT molecular complexity index is 684. The van der Waals surface area contributed by atoms with E-state index in [1.807, 2.05) is 49.0 Å². The molecule has 1 amide bonds. The van der Waals surface area contributed by atoms with Crippen LogP contribution in [-0.2, 0) is 10.5 Å². The summed E-state index contributed by atoms with van der Waals surface area (Å²) in [5.74, 6) is 2.93. The molecule has 25 heavy (non-hydrogen) atoms. The molecule has 0 fully saturated rings. The smallest absolute Gasteiger partial charge is 0.257 e. The highest BCUT2D eigenvalue weighted by Gasteiger charge is 2.08. The molecular formula is C19H23NO3S2. The molecule has 6 heteroatoms. The quantitative estimate of drug-likeness (QED) is 0.630. The van der Waals surface area contributed by atoms with E-state index in [9.17, 15) is 4.79 Å². The summed E-state index contributed by atoms with van der Waals surface area (Å²) < 4.78 is 10.9. The van der Waals surface area contributed by atoms with Crippen LogP contribution in [-0.4, -0.2) is 31.9 Å². The van der Waals surface area contributed by atoms with E-state index in [0.717, 1.165) is 17.1 Å². The summed E-state index contributed by atoms with van der Waals surface area (Å²) in [6.45, 7) is 2.57. The zero-order valence-electron chi connectivity index (χ0n) is 14.5. The number of carbonyl (C=O) groups excluding carboxylic acids is 1. The van der Waals surface area contributed by atoms with Crippen LogP contribution in [0.4, 0.5) is 0 Å². The molecular weight excluding hydrogens is 354 g/mol. The number of rotatable bonds is 10. The van der Waals surface area contributed by atoms with Crippen molar-refractivity contribution in [2.45, 2.75) is 12.7 Å². The standard InChI is InChI=1S/C19H23NO3S2/c1-3-5-15-7-8-17(18(12-15)22-2)23-13-19(21)20-9-11-24-14-16-6-4-10-25-16/h3-8,10,12H,9,11,13-14H2,1-2H3,(H,20,21)/b5-3+. The van der Waals surface area contributed by atoms with Crippen molar-refractivity contribution in [3.05, 3.63) is 52.2 Å². The van der Waals surface area contributed by atoms with Crippen molar-refractivity contribution in [1.82, 2.24) is 5.32 Å². The molecule has 4 nitrogen and oxygen atoms in total. The number of ether oxygens (including phenoxy) is 2. The highest BCUT2D eigenvalue weighted by atomic mass is 32.2. The van der Waals surface area contributed by atoms with Gasteiger partial charge in [0.15, 0.2) is 18.1 Å². The third-order valence-corrected chi connectivity index (χ3v) is 5.37. The molecule has 0 radical (unpaired) electrons. The lowest BCUT2D eigenvalue weighted by Crippen LogP contribution is -2.30. The normalized spacial score (nSPS) is 10.8. The van der Waals surface area contributed by atoms with E-state index in [2.05, 4.69) is 22.8 Å². The van der Waals surface area contributed by atoms with E-state index in [1.165, 1.54) is 4.88 Å². The Kier molecular flexibility index (Phi) is 8.42. The summed E-state index contributed by atoms with van der Waals surface area (Å²) >= 11 is 3.56. The van der Waals surface area contributed by atoms with Crippen molar-refractivity contribution >= 4 is 35.1 Å². The van der Waals surface area contributed by atoms with Crippen molar-refractivity contribution in [2.75, 3.05) is 26.0 Å². The van der Waals surface area contributed by atoms with Gasteiger partial charge in [0, 0.05) is 22.9 Å². The first-order valence-corrected chi connectivity index (χ1v) is 10.1. The van der Waals surface area contributed by atoms with Gasteiger partial charge >= 0.3 is 0 Å². The summed E-state index contributed by atoms with van der Waals surface area (Å²) in [5, 5.41) is 4.95. The average Bonchev–Trinajstić information content (AvgIpc) is 3.14. The van der Waals surface area contributed by atoms with Crippen LogP contribution in [0.15, 0.2) is 41.8 Å². The van der Waals surface area contributed by atoms with Crippen LogP contribution in [0.1, 0.15) is 17.4 Å². The molecule has 0 unspecified atom stereocenters. The Morgan fingerprint density at radius 2 is 2.20 bits per heavy atom. The first-order chi connectivity index (χ1) is 12.2. The van der Waals surface area contributed by atoms with Crippen molar-refractivity contribution in [2.24, 2.45) is 0 Å². The molecule has 1 aromatic carbocycles. The number of thiophene rings is 1. The number of methoxy groups -OCH3 is 1. The molecule has 0 bridgehead atoms. The zero-order valence-corrected chi connectivity index (χ0v) is 16.1. The van der Waals surface area contributed by atoms with Gasteiger partial charge in [0.1, 0.15) is 0 Å². The number of amides is 1. The van der Waals surface area contributed by atoms with Gasteiger partial charge in [0.2, 0.25) is 0 Å². The van der Waals surface area contributed by atoms with Crippen molar-refractivity contribution < 1.29 is 14.3 Å². The van der Waals surface area contributed by atoms with Crippen LogP contribution in [0.25, 0.3) is 6.08 Å². The molecule has 0 spiro atoms. The van der Waals surface area contributed by atoms with E-state index in [0.29, 0.717) is 18.0 Å². The van der Waals surface area contributed by atoms with Crippen LogP contribution < -0.4 is 14.8 Å². The summed E-state index contributed by atoms with van der Waals surface area (Å²) in [7, 11) is 1.59. The third kappa shape index (κ3) is 6.84. The molecule has 0 aliphatic heterocycles. The second-order valence-electron chi connectivity index (χ2n) is 5.18. The number of thioether (sulfide) groups is 1. The van der Waals surface area contributed by atoms with Crippen molar-refractivity contribution in [3.63, 3.8) is 0 Å². The van der Waals surface area contributed by atoms with Crippen LogP contribution in [0.2, 0.25) is 0 Å². The van der Waals surface area contributed by atoms with Gasteiger partial charge in [0.05, 0.1) is 7.11 Å². The number of nitrogens with one attached hydrogen (secondary N) is 1. The Hall–Kier alpha value is -1.92. The van der Waals surface area contributed by atoms with Gasteiger partial charge in [-0.25, -0.2) is 0 Å². The molecule has 2 aromatic rings. The second-order valence-corrected chi connectivity index (χ2v) is 7.32. The predicted molar refractivity (Wildman–Crippen MR) is 107 cm³/mol. The van der Waals surface area contributed by atoms with Gasteiger partial charge < -0.3 is 14.8 Å². The first kappa shape index (κ1) is 19.4. The number of carbonyl (C=O) groups is 1. The molecule has 1 aromatic heterocycles. The van der Waals surface area contributed by atoms with Gasteiger partial charge in [-0.3, -0.25) is 4.79 Å². The molecule has 0 saturated heterocycles. The first-order valence-electron chi connectivity index (χ1n) is 8.03. The number of allylic oxidation sites excluding steroid dienone is 1. The molecule has 0 aliphatic carbocycles. The third-order valence-electron chi connectivity index (χ3n) is 3.30. The van der Waals surface area contributed by atoms with E-state index in [1.54, 1.807) is 18.4 Å². The van der Waals surface area contributed by atoms with E-state index in [4.69, 9.17) is 9.47 Å². The molecule has 0 aliphatic rings. The summed E-state index contributed by atoms with van der Waals surface area (Å²) in [5.41, 5.74) is 1.03. The summed E-state index contributed by atoms with van der Waals surface area (Å²) in [6, 6.07) is 9.81. The highest BCUT2D eigenvalue weighted by Crippen LogP contribution is 2.28. The van der Waals surface area contributed by atoms with Crippen LogP contribution in [0.3, 0.4) is 0 Å². The molecule has 0 atom stereocenters. The minimum atomic E-state index is -0.128. The Balaban J connectivity index is 1.68. The average molecular weight is 378 g/mol. The number of hydrogen-bond donors (Lipinski definition) is 1. The Morgan fingerprint density at radius 1 is 1.32 bits per heavy atom. The lowest BCUT2D eigenvalue weighted by atomic mass is 10.2. The SMILES string of the molecule is C/C=C/c1ccc(OCC(=O)NCCSCc2cccs2)c(OC)c1. The van der Waals surface area contributed by atoms with Gasteiger partial charge in [-0.1, -0.05) is 24.3 Å². The Morgan fingerprint density at radius 3 is 2.92 bits per heavy atom. The summed E-state index contributed by atoms with van der Waals surface area (Å²) in [4.78, 5) is 13.2. The van der Waals surface area contributed by atoms with E-state index in [-0.39, 0.29) is 12.5 Å². The fourth-order valence-electron chi connectivity index (χ4n) is 2.12. The number of benzene rings is 1. The largest absolute Gasteiger partial charge is 0.493 e. The van der Waals surface area contributed by atoms with Gasteiger partial charge in [-0.2, -0.15) is 11.8 Å². The molecule has 1 heterocycles. The molecule has 2 rings (SSSR count). The van der Waals surface area contributed by atoms with Crippen LogP contribution in [0, 0.1) is 0 Å². The van der Waals surface area contributed by atoms with Gasteiger partial charge in [-0.15, -0.1) is 11.3 Å². The van der Waals surface area contributed by atoms with Crippen molar-refractivity contribution in [1.29, 1.82) is 0 Å². The van der Waals surface area contributed by atoms with Gasteiger partial charge in [-0.05, 0) is 36.1 Å². The Labute approximate surface area is 157 Å². The monoisotopic (exact) mass is 377 g/mol. The fraction of sp³-hybridized carbons (Fsp3) is 0.316. The van der Waals surface area contributed by atoms with Crippen molar-refractivity contribution in [3.8, 4) is 11.5 Å². The van der Waals surface area contributed by atoms with E-state index >= 15 is 0 Å². The fourth-order valence-corrected chi connectivity index (χ4v) is 3.82. The minimum Gasteiger partial charge on any atom is -0.493 e. The van der Waals surface area contributed by atoms with E-state index < -0.39 is 0 Å². The maximum Gasteiger partial charge on any atom is 0.257 e. The lowest BCUT2D eigenvalue weighted by Gasteiger charge is -2.11. The molecule has 1 N–H and O–H groups in total. The lowest BCUT2D eigenvalue weighted by molar-refractivity contribution is -0.122. The van der Waals surface area contributed by atoms with Crippen LogP contribution in [0.5, 0.6) is 11.5 Å². The topological polar surface area (TPSA) is 47.6 Å².